The maximum atomic E-state index is 6.94. The van der Waals surface area contributed by atoms with E-state index < -0.39 is 0 Å². The van der Waals surface area contributed by atoms with Crippen molar-refractivity contribution in [1.82, 2.24) is 5.32 Å². The summed E-state index contributed by atoms with van der Waals surface area (Å²) >= 11 is 0. The fourth-order valence-electron chi connectivity index (χ4n) is 9.80. The van der Waals surface area contributed by atoms with Gasteiger partial charge in [-0.2, -0.15) is 0 Å². The third kappa shape index (κ3) is 5.90. The molecule has 0 heterocycles. The van der Waals surface area contributed by atoms with E-state index in [4.69, 9.17) is 5.73 Å². The number of rotatable bonds is 8. The second-order valence-electron chi connectivity index (χ2n) is 17.1. The Morgan fingerprint density at radius 1 is 0.500 bits per heavy atom. The van der Waals surface area contributed by atoms with E-state index in [1.807, 2.05) is 18.2 Å². The van der Waals surface area contributed by atoms with Crippen LogP contribution in [0.1, 0.15) is 72.8 Å². The molecule has 2 aliphatic rings. The Balaban J connectivity index is 1.05. The van der Waals surface area contributed by atoms with Crippen LogP contribution in [0.5, 0.6) is 0 Å². The SMILES string of the molecule is CC1(C)c2ccccc2-c2ccc(-c3ccccc3C/C=C(\NC(N)c3ccccc3)c3cccc(-c4cccc5c4-c4cc6ccccc6cc4C5(C)C)c3)cc21. The maximum Gasteiger partial charge on any atom is 0.101 e. The van der Waals surface area contributed by atoms with Crippen molar-refractivity contribution in [2.45, 2.75) is 51.1 Å². The average molecular weight is 749 g/mol. The Hall–Kier alpha value is -6.48. The molecule has 1 atom stereocenters. The topological polar surface area (TPSA) is 38.0 Å². The molecule has 0 amide bonds. The zero-order chi connectivity index (χ0) is 39.6. The number of hydrogen-bond acceptors (Lipinski definition) is 2. The zero-order valence-corrected chi connectivity index (χ0v) is 33.7. The first-order chi connectivity index (χ1) is 28.2. The van der Waals surface area contributed by atoms with E-state index in [9.17, 15) is 0 Å². The van der Waals surface area contributed by atoms with E-state index in [1.165, 1.54) is 83.1 Å². The van der Waals surface area contributed by atoms with Gasteiger partial charge in [-0.1, -0.05) is 185 Å². The minimum atomic E-state index is -0.381. The predicted molar refractivity (Wildman–Crippen MR) is 245 cm³/mol. The molecule has 1 unspecified atom stereocenters. The van der Waals surface area contributed by atoms with Crippen LogP contribution in [0.4, 0.5) is 0 Å². The lowest BCUT2D eigenvalue weighted by Crippen LogP contribution is -2.27. The number of nitrogens with one attached hydrogen (secondary N) is 1. The van der Waals surface area contributed by atoms with Crippen LogP contribution in [-0.2, 0) is 17.3 Å². The summed E-state index contributed by atoms with van der Waals surface area (Å²) in [7, 11) is 0. The van der Waals surface area contributed by atoms with Crippen molar-refractivity contribution in [3.63, 3.8) is 0 Å². The molecule has 2 nitrogen and oxygen atoms in total. The molecule has 2 heteroatoms. The van der Waals surface area contributed by atoms with Gasteiger partial charge in [0.15, 0.2) is 0 Å². The van der Waals surface area contributed by atoms with Gasteiger partial charge in [0.25, 0.3) is 0 Å². The molecule has 8 aromatic rings. The standard InChI is InChI=1S/C56H48N2/c1-55(2)48-26-13-12-24-45(48)46-30-28-41(35-50(46)55)43-23-11-10-16-36(43)29-31-52(58-54(57)37-17-6-5-7-18-37)42-22-14-21-40(32-42)44-25-15-27-49-53(44)47-33-38-19-8-9-20-39(38)34-51(47)56(49,3)4/h5-28,30-35,54,58H,29,57H2,1-4H3/b52-31-. The van der Waals surface area contributed by atoms with E-state index in [0.717, 1.165) is 23.2 Å². The Labute approximate surface area is 342 Å². The van der Waals surface area contributed by atoms with Crippen LogP contribution in [0.3, 0.4) is 0 Å². The molecule has 0 saturated carbocycles. The molecule has 2 aliphatic carbocycles. The lowest BCUT2D eigenvalue weighted by molar-refractivity contribution is 0.660. The van der Waals surface area contributed by atoms with Crippen molar-refractivity contribution in [3.05, 3.63) is 221 Å². The highest BCUT2D eigenvalue weighted by Crippen LogP contribution is 2.53. The van der Waals surface area contributed by atoms with Crippen molar-refractivity contribution < 1.29 is 0 Å². The second kappa shape index (κ2) is 13.9. The largest absolute Gasteiger partial charge is 0.366 e. The summed E-state index contributed by atoms with van der Waals surface area (Å²) in [6, 6.07) is 64.4. The van der Waals surface area contributed by atoms with Crippen LogP contribution in [0.15, 0.2) is 182 Å². The van der Waals surface area contributed by atoms with Gasteiger partial charge in [0.2, 0.25) is 0 Å². The Morgan fingerprint density at radius 2 is 1.10 bits per heavy atom. The van der Waals surface area contributed by atoms with Gasteiger partial charge in [-0.05, 0) is 125 Å². The Kier molecular flexibility index (Phi) is 8.58. The molecule has 0 spiro atoms. The quantitative estimate of drug-likeness (QED) is 0.152. The highest BCUT2D eigenvalue weighted by atomic mass is 15.0. The third-order valence-electron chi connectivity index (χ3n) is 13.0. The lowest BCUT2D eigenvalue weighted by atomic mass is 9.81. The monoisotopic (exact) mass is 748 g/mol. The first-order valence-electron chi connectivity index (χ1n) is 20.6. The van der Waals surface area contributed by atoms with Crippen LogP contribution in [0.2, 0.25) is 0 Å². The van der Waals surface area contributed by atoms with Crippen molar-refractivity contribution in [1.29, 1.82) is 0 Å². The van der Waals surface area contributed by atoms with Crippen LogP contribution < -0.4 is 11.1 Å². The van der Waals surface area contributed by atoms with Gasteiger partial charge < -0.3 is 11.1 Å². The van der Waals surface area contributed by atoms with Gasteiger partial charge in [0.1, 0.15) is 6.17 Å². The fraction of sp³-hybridized carbons (Fsp3) is 0.143. The highest BCUT2D eigenvalue weighted by molar-refractivity contribution is 5.98. The van der Waals surface area contributed by atoms with Crippen molar-refractivity contribution >= 4 is 16.5 Å². The number of benzene rings is 8. The molecule has 8 aromatic carbocycles. The van der Waals surface area contributed by atoms with Crippen molar-refractivity contribution in [2.24, 2.45) is 5.73 Å². The summed E-state index contributed by atoms with van der Waals surface area (Å²) in [4.78, 5) is 0. The van der Waals surface area contributed by atoms with Crippen LogP contribution in [0.25, 0.3) is 61.0 Å². The molecule has 0 aromatic heterocycles. The summed E-state index contributed by atoms with van der Waals surface area (Å²) in [6.07, 6.45) is 2.68. The summed E-state index contributed by atoms with van der Waals surface area (Å²) < 4.78 is 0. The Bertz CT molecular complexity index is 2910. The minimum Gasteiger partial charge on any atom is -0.366 e. The zero-order valence-electron chi connectivity index (χ0n) is 33.7. The molecule has 10 rings (SSSR count). The summed E-state index contributed by atoms with van der Waals surface area (Å²) in [5, 5.41) is 6.31. The molecule has 0 bridgehead atoms. The van der Waals surface area contributed by atoms with E-state index in [2.05, 4.69) is 197 Å². The molecule has 0 saturated heterocycles. The molecule has 0 radical (unpaired) electrons. The van der Waals surface area contributed by atoms with Crippen LogP contribution >= 0.6 is 0 Å². The van der Waals surface area contributed by atoms with E-state index in [0.29, 0.717) is 0 Å². The molecule has 58 heavy (non-hydrogen) atoms. The average Bonchev–Trinajstić information content (AvgIpc) is 3.63. The highest BCUT2D eigenvalue weighted by Gasteiger charge is 2.38. The minimum absolute atomic E-state index is 0.0586. The molecular weight excluding hydrogens is 701 g/mol. The first-order valence-corrected chi connectivity index (χ1v) is 20.6. The molecule has 0 fully saturated rings. The Morgan fingerprint density at radius 3 is 1.93 bits per heavy atom. The van der Waals surface area contributed by atoms with Gasteiger partial charge in [-0.15, -0.1) is 0 Å². The lowest BCUT2D eigenvalue weighted by Gasteiger charge is -2.22. The summed E-state index contributed by atoms with van der Waals surface area (Å²) in [5.41, 5.74) is 27.0. The van der Waals surface area contributed by atoms with Gasteiger partial charge >= 0.3 is 0 Å². The number of nitrogens with two attached hydrogens (primary N) is 1. The van der Waals surface area contributed by atoms with Crippen LogP contribution in [0, 0.1) is 0 Å². The summed E-state index contributed by atoms with van der Waals surface area (Å²) in [6.45, 7) is 9.43. The number of hydrogen-bond donors (Lipinski definition) is 2. The summed E-state index contributed by atoms with van der Waals surface area (Å²) in [5.74, 6) is 0. The smallest absolute Gasteiger partial charge is 0.101 e. The van der Waals surface area contributed by atoms with E-state index in [1.54, 1.807) is 0 Å². The van der Waals surface area contributed by atoms with Crippen LogP contribution in [-0.4, -0.2) is 0 Å². The van der Waals surface area contributed by atoms with E-state index >= 15 is 0 Å². The molecular formula is C56H48N2. The van der Waals surface area contributed by atoms with Crippen molar-refractivity contribution in [2.75, 3.05) is 0 Å². The van der Waals surface area contributed by atoms with Gasteiger partial charge in [-0.3, -0.25) is 0 Å². The fourth-order valence-corrected chi connectivity index (χ4v) is 9.80. The number of allylic oxidation sites excluding steroid dienone is 1. The van der Waals surface area contributed by atoms with Gasteiger partial charge in [0.05, 0.1) is 0 Å². The molecule has 282 valence electrons. The predicted octanol–water partition coefficient (Wildman–Crippen LogP) is 13.6. The van der Waals surface area contributed by atoms with Gasteiger partial charge in [-0.25, -0.2) is 0 Å². The van der Waals surface area contributed by atoms with E-state index in [-0.39, 0.29) is 17.0 Å². The molecule has 0 aliphatic heterocycles. The number of fused-ring (bicyclic) bond motifs is 7. The second-order valence-corrected chi connectivity index (χ2v) is 17.1. The first kappa shape index (κ1) is 35.9. The van der Waals surface area contributed by atoms with Gasteiger partial charge in [0, 0.05) is 16.5 Å². The maximum absolute atomic E-state index is 6.94. The third-order valence-corrected chi connectivity index (χ3v) is 13.0. The molecule has 3 N–H and O–H groups in total. The van der Waals surface area contributed by atoms with Crippen molar-refractivity contribution in [3.8, 4) is 44.5 Å². The normalized spacial score (nSPS) is 15.0.